The van der Waals surface area contributed by atoms with Crippen molar-refractivity contribution < 1.29 is 9.66 Å². The second-order valence-corrected chi connectivity index (χ2v) is 4.15. The number of rotatable bonds is 4. The predicted molar refractivity (Wildman–Crippen MR) is 64.4 cm³/mol. The first-order valence-electron chi connectivity index (χ1n) is 5.85. The smallest absolute Gasteiger partial charge is 0.311 e. The molecule has 1 heterocycles. The van der Waals surface area contributed by atoms with Crippen LogP contribution in [0.25, 0.3) is 0 Å². The lowest BCUT2D eigenvalue weighted by Gasteiger charge is -2.12. The molecule has 92 valence electrons. The number of nitro groups is 1. The molecule has 1 aromatic carbocycles. The monoisotopic (exact) mass is 236 g/mol. The second kappa shape index (κ2) is 5.14. The van der Waals surface area contributed by atoms with Gasteiger partial charge >= 0.3 is 5.69 Å². The fourth-order valence-electron chi connectivity index (χ4n) is 1.93. The maximum absolute atomic E-state index is 11.0. The molecule has 0 radical (unpaired) electrons. The SMILES string of the molecule is CCc1ccc(O[C@H]2CCNC2)c([N+](=O)[O-])c1. The van der Waals surface area contributed by atoms with Gasteiger partial charge < -0.3 is 10.1 Å². The molecule has 0 aromatic heterocycles. The summed E-state index contributed by atoms with van der Waals surface area (Å²) in [5, 5.41) is 14.1. The van der Waals surface area contributed by atoms with Crippen molar-refractivity contribution in [3.8, 4) is 5.75 Å². The van der Waals surface area contributed by atoms with Crippen molar-refractivity contribution in [1.82, 2.24) is 5.32 Å². The van der Waals surface area contributed by atoms with Crippen LogP contribution < -0.4 is 10.1 Å². The van der Waals surface area contributed by atoms with Crippen LogP contribution in [0.1, 0.15) is 18.9 Å². The Morgan fingerprint density at radius 3 is 3.00 bits per heavy atom. The topological polar surface area (TPSA) is 64.4 Å². The Hall–Kier alpha value is -1.62. The normalized spacial score (nSPS) is 19.2. The molecule has 2 rings (SSSR count). The number of ether oxygens (including phenoxy) is 1. The van der Waals surface area contributed by atoms with Crippen molar-refractivity contribution in [2.75, 3.05) is 13.1 Å². The van der Waals surface area contributed by atoms with E-state index in [1.807, 2.05) is 13.0 Å². The molecular weight excluding hydrogens is 220 g/mol. The van der Waals surface area contributed by atoms with Crippen LogP contribution in [0.3, 0.4) is 0 Å². The van der Waals surface area contributed by atoms with E-state index >= 15 is 0 Å². The summed E-state index contributed by atoms with van der Waals surface area (Å²) in [6.45, 7) is 3.64. The molecule has 0 bridgehead atoms. The lowest BCUT2D eigenvalue weighted by Crippen LogP contribution is -2.20. The van der Waals surface area contributed by atoms with Gasteiger partial charge in [-0.1, -0.05) is 13.0 Å². The molecule has 1 atom stereocenters. The predicted octanol–water partition coefficient (Wildman–Crippen LogP) is 1.90. The highest BCUT2D eigenvalue weighted by Crippen LogP contribution is 2.29. The molecule has 0 aliphatic carbocycles. The number of nitro benzene ring substituents is 1. The molecule has 1 aliphatic heterocycles. The average molecular weight is 236 g/mol. The van der Waals surface area contributed by atoms with Gasteiger partial charge in [0.05, 0.1) is 4.92 Å². The van der Waals surface area contributed by atoms with Crippen molar-refractivity contribution in [2.24, 2.45) is 0 Å². The zero-order valence-electron chi connectivity index (χ0n) is 9.81. The number of hydrogen-bond acceptors (Lipinski definition) is 4. The number of nitrogens with one attached hydrogen (secondary N) is 1. The first kappa shape index (κ1) is 11.9. The van der Waals surface area contributed by atoms with Crippen molar-refractivity contribution >= 4 is 5.69 Å². The average Bonchev–Trinajstić information content (AvgIpc) is 2.82. The van der Waals surface area contributed by atoms with Crippen LogP contribution in [0.15, 0.2) is 18.2 Å². The van der Waals surface area contributed by atoms with E-state index in [4.69, 9.17) is 4.74 Å². The Bertz CT molecular complexity index is 414. The van der Waals surface area contributed by atoms with Gasteiger partial charge in [0.25, 0.3) is 0 Å². The number of benzene rings is 1. The van der Waals surface area contributed by atoms with Gasteiger partial charge in [0, 0.05) is 12.6 Å². The fourth-order valence-corrected chi connectivity index (χ4v) is 1.93. The van der Waals surface area contributed by atoms with E-state index in [0.717, 1.165) is 31.5 Å². The summed E-state index contributed by atoms with van der Waals surface area (Å²) < 4.78 is 5.66. The van der Waals surface area contributed by atoms with Gasteiger partial charge in [0.1, 0.15) is 6.10 Å². The molecule has 17 heavy (non-hydrogen) atoms. The highest BCUT2D eigenvalue weighted by Gasteiger charge is 2.21. The van der Waals surface area contributed by atoms with Crippen LogP contribution in [0, 0.1) is 10.1 Å². The Balaban J connectivity index is 2.22. The van der Waals surface area contributed by atoms with E-state index in [-0.39, 0.29) is 16.7 Å². The van der Waals surface area contributed by atoms with Gasteiger partial charge in [-0.3, -0.25) is 10.1 Å². The zero-order chi connectivity index (χ0) is 12.3. The third-order valence-electron chi connectivity index (χ3n) is 2.94. The summed E-state index contributed by atoms with van der Waals surface area (Å²) in [7, 11) is 0. The summed E-state index contributed by atoms with van der Waals surface area (Å²) >= 11 is 0. The van der Waals surface area contributed by atoms with Crippen molar-refractivity contribution in [2.45, 2.75) is 25.9 Å². The molecule has 0 amide bonds. The lowest BCUT2D eigenvalue weighted by molar-refractivity contribution is -0.386. The summed E-state index contributed by atoms with van der Waals surface area (Å²) in [5.41, 5.74) is 1.02. The van der Waals surface area contributed by atoms with Crippen molar-refractivity contribution in [1.29, 1.82) is 0 Å². The van der Waals surface area contributed by atoms with E-state index in [1.165, 1.54) is 0 Å². The van der Waals surface area contributed by atoms with Crippen molar-refractivity contribution in [3.05, 3.63) is 33.9 Å². The quantitative estimate of drug-likeness (QED) is 0.640. The summed E-state index contributed by atoms with van der Waals surface area (Å²) in [6.07, 6.45) is 1.72. The molecule has 1 N–H and O–H groups in total. The molecule has 0 unspecified atom stereocenters. The zero-order valence-corrected chi connectivity index (χ0v) is 9.81. The van der Waals surface area contributed by atoms with Crippen LogP contribution in [0.5, 0.6) is 5.75 Å². The van der Waals surface area contributed by atoms with Gasteiger partial charge in [-0.15, -0.1) is 0 Å². The van der Waals surface area contributed by atoms with E-state index in [9.17, 15) is 10.1 Å². The van der Waals surface area contributed by atoms with Crippen LogP contribution in [0.2, 0.25) is 0 Å². The lowest BCUT2D eigenvalue weighted by atomic mass is 10.1. The molecular formula is C12H16N2O3. The van der Waals surface area contributed by atoms with E-state index in [0.29, 0.717) is 5.75 Å². The number of nitrogens with zero attached hydrogens (tertiary/aromatic N) is 1. The Kier molecular flexibility index (Phi) is 3.58. The molecule has 5 nitrogen and oxygen atoms in total. The molecule has 1 aromatic rings. The Morgan fingerprint density at radius 2 is 2.41 bits per heavy atom. The highest BCUT2D eigenvalue weighted by molar-refractivity contribution is 5.48. The largest absolute Gasteiger partial charge is 0.482 e. The Labute approximate surface area is 99.9 Å². The van der Waals surface area contributed by atoms with Gasteiger partial charge in [-0.25, -0.2) is 0 Å². The minimum atomic E-state index is -0.378. The van der Waals surface area contributed by atoms with Gasteiger partial charge in [0.2, 0.25) is 0 Å². The standard InChI is InChI=1S/C12H16N2O3/c1-2-9-3-4-12(11(7-9)14(15)16)17-10-5-6-13-8-10/h3-4,7,10,13H,2,5-6,8H2,1H3/t10-/m0/s1. The van der Waals surface area contributed by atoms with Gasteiger partial charge in [-0.2, -0.15) is 0 Å². The molecule has 1 fully saturated rings. The van der Waals surface area contributed by atoms with E-state index in [1.54, 1.807) is 12.1 Å². The Morgan fingerprint density at radius 1 is 1.59 bits per heavy atom. The molecule has 1 aliphatic rings. The second-order valence-electron chi connectivity index (χ2n) is 4.15. The minimum absolute atomic E-state index is 0.0428. The number of aryl methyl sites for hydroxylation is 1. The summed E-state index contributed by atoms with van der Waals surface area (Å²) in [4.78, 5) is 10.6. The van der Waals surface area contributed by atoms with Gasteiger partial charge in [0.15, 0.2) is 5.75 Å². The van der Waals surface area contributed by atoms with Crippen LogP contribution >= 0.6 is 0 Å². The first-order chi connectivity index (χ1) is 8.20. The minimum Gasteiger partial charge on any atom is -0.482 e. The molecule has 5 heteroatoms. The van der Waals surface area contributed by atoms with E-state index in [2.05, 4.69) is 5.32 Å². The maximum atomic E-state index is 11.0. The summed E-state index contributed by atoms with van der Waals surface area (Å²) in [5.74, 6) is 0.376. The van der Waals surface area contributed by atoms with Crippen LogP contribution in [-0.4, -0.2) is 24.1 Å². The fraction of sp³-hybridized carbons (Fsp3) is 0.500. The molecule has 0 saturated carbocycles. The summed E-state index contributed by atoms with van der Waals surface area (Å²) in [6, 6.07) is 5.18. The molecule has 1 saturated heterocycles. The third kappa shape index (κ3) is 2.74. The van der Waals surface area contributed by atoms with Crippen LogP contribution in [-0.2, 0) is 6.42 Å². The highest BCUT2D eigenvalue weighted by atomic mass is 16.6. The molecule has 0 spiro atoms. The first-order valence-corrected chi connectivity index (χ1v) is 5.85. The van der Waals surface area contributed by atoms with Gasteiger partial charge in [-0.05, 0) is 31.0 Å². The third-order valence-corrected chi connectivity index (χ3v) is 2.94. The van der Waals surface area contributed by atoms with Crippen LogP contribution in [0.4, 0.5) is 5.69 Å². The maximum Gasteiger partial charge on any atom is 0.311 e. The van der Waals surface area contributed by atoms with Crippen molar-refractivity contribution in [3.63, 3.8) is 0 Å². The number of hydrogen-bond donors (Lipinski definition) is 1. The van der Waals surface area contributed by atoms with E-state index < -0.39 is 0 Å².